The van der Waals surface area contributed by atoms with Crippen molar-refractivity contribution in [3.8, 4) is 5.75 Å². The molecule has 7 heteroatoms. The lowest BCUT2D eigenvalue weighted by atomic mass is 10.1. The fourth-order valence-electron chi connectivity index (χ4n) is 2.22. The summed E-state index contributed by atoms with van der Waals surface area (Å²) in [7, 11) is 1.55. The molecule has 2 atom stereocenters. The van der Waals surface area contributed by atoms with E-state index in [1.165, 1.54) is 23.6 Å². The van der Waals surface area contributed by atoms with E-state index in [-0.39, 0.29) is 11.3 Å². The van der Waals surface area contributed by atoms with Crippen molar-refractivity contribution in [1.82, 2.24) is 4.90 Å². The number of carboxylic acid groups (broad SMARTS) is 1. The summed E-state index contributed by atoms with van der Waals surface area (Å²) >= 11 is 4.82. The second-order valence-corrected chi connectivity index (χ2v) is 6.38. The molecular weight excluding hydrogens is 346 g/mol. The number of thioether (sulfide) groups is 1. The highest BCUT2D eigenvalue weighted by Crippen LogP contribution is 2.45. The molecule has 0 saturated carbocycles. The van der Waals surface area contributed by atoms with Crippen LogP contribution < -0.4 is 4.74 Å². The van der Waals surface area contributed by atoms with Crippen molar-refractivity contribution >= 4 is 39.6 Å². The van der Waals surface area contributed by atoms with E-state index in [4.69, 9.17) is 4.74 Å². The Morgan fingerprint density at radius 2 is 2.20 bits per heavy atom. The number of rotatable bonds is 3. The highest BCUT2D eigenvalue weighted by atomic mass is 79.9. The molecule has 1 heterocycles. The smallest absolute Gasteiger partial charge is 0.327 e. The number of hydrogen-bond donors (Lipinski definition) is 1. The normalized spacial score (nSPS) is 21.9. The highest BCUT2D eigenvalue weighted by molar-refractivity contribution is 9.10. The van der Waals surface area contributed by atoms with Crippen LogP contribution >= 0.6 is 27.7 Å². The van der Waals surface area contributed by atoms with Crippen molar-refractivity contribution in [3.05, 3.63) is 28.2 Å². The summed E-state index contributed by atoms with van der Waals surface area (Å²) in [4.78, 5) is 24.5. The quantitative estimate of drug-likeness (QED) is 0.897. The molecule has 1 fully saturated rings. The van der Waals surface area contributed by atoms with E-state index in [1.807, 2.05) is 12.1 Å². The molecule has 1 aromatic rings. The number of carbonyl (C=O) groups is 2. The largest absolute Gasteiger partial charge is 0.496 e. The Labute approximate surface area is 129 Å². The van der Waals surface area contributed by atoms with Gasteiger partial charge in [0.1, 0.15) is 17.2 Å². The highest BCUT2D eigenvalue weighted by Gasteiger charge is 2.42. The van der Waals surface area contributed by atoms with Crippen LogP contribution in [0.4, 0.5) is 0 Å². The maximum absolute atomic E-state index is 11.8. The number of halogens is 1. The number of ether oxygens (including phenoxy) is 1. The Bertz CT molecular complexity index is 551. The van der Waals surface area contributed by atoms with E-state index in [9.17, 15) is 14.7 Å². The monoisotopic (exact) mass is 359 g/mol. The first-order valence-electron chi connectivity index (χ1n) is 5.92. The lowest BCUT2D eigenvalue weighted by molar-refractivity contribution is -0.148. The van der Waals surface area contributed by atoms with E-state index in [0.717, 1.165) is 10.0 Å². The van der Waals surface area contributed by atoms with Gasteiger partial charge in [0, 0.05) is 22.7 Å². The van der Waals surface area contributed by atoms with Gasteiger partial charge in [0.2, 0.25) is 5.91 Å². The van der Waals surface area contributed by atoms with E-state index in [1.54, 1.807) is 13.2 Å². The number of amides is 1. The van der Waals surface area contributed by atoms with E-state index >= 15 is 0 Å². The molecule has 0 bridgehead atoms. The zero-order valence-electron chi connectivity index (χ0n) is 11.0. The average molecular weight is 360 g/mol. The zero-order chi connectivity index (χ0) is 14.9. The number of hydrogen-bond acceptors (Lipinski definition) is 4. The Hall–Kier alpha value is -1.21. The van der Waals surface area contributed by atoms with Crippen molar-refractivity contribution in [1.29, 1.82) is 0 Å². The van der Waals surface area contributed by atoms with E-state index in [2.05, 4.69) is 15.9 Å². The van der Waals surface area contributed by atoms with Gasteiger partial charge in [-0.05, 0) is 18.2 Å². The van der Waals surface area contributed by atoms with Gasteiger partial charge < -0.3 is 14.7 Å². The summed E-state index contributed by atoms with van der Waals surface area (Å²) in [6.07, 6.45) is 0. The molecule has 0 aromatic heterocycles. The number of benzene rings is 1. The second-order valence-electron chi connectivity index (χ2n) is 4.35. The van der Waals surface area contributed by atoms with Crippen LogP contribution in [0, 0.1) is 0 Å². The standard InChI is InChI=1S/C13H14BrNO4S/c1-7(16)15-10(13(17)18)6-20-12(15)9-5-8(14)3-4-11(9)19-2/h3-5,10,12H,6H2,1-2H3,(H,17,18)/t10-,12+/m0/s1. The van der Waals surface area contributed by atoms with Crippen LogP contribution in [0.3, 0.4) is 0 Å². The van der Waals surface area contributed by atoms with Crippen molar-refractivity contribution in [2.24, 2.45) is 0 Å². The first-order valence-corrected chi connectivity index (χ1v) is 7.76. The Morgan fingerprint density at radius 3 is 2.75 bits per heavy atom. The molecule has 2 rings (SSSR count). The van der Waals surface area contributed by atoms with Gasteiger partial charge in [-0.1, -0.05) is 15.9 Å². The van der Waals surface area contributed by atoms with Crippen LogP contribution in [0.15, 0.2) is 22.7 Å². The zero-order valence-corrected chi connectivity index (χ0v) is 13.4. The maximum atomic E-state index is 11.8. The predicted molar refractivity (Wildman–Crippen MR) is 79.8 cm³/mol. The maximum Gasteiger partial charge on any atom is 0.327 e. The third kappa shape index (κ3) is 2.78. The molecule has 108 valence electrons. The van der Waals surface area contributed by atoms with Gasteiger partial charge in [-0.15, -0.1) is 11.8 Å². The second kappa shape index (κ2) is 6.05. The van der Waals surface area contributed by atoms with Gasteiger partial charge in [0.15, 0.2) is 0 Å². The minimum absolute atomic E-state index is 0.255. The molecule has 1 aliphatic heterocycles. The molecule has 1 aromatic carbocycles. The molecule has 20 heavy (non-hydrogen) atoms. The summed E-state index contributed by atoms with van der Waals surface area (Å²) in [5.41, 5.74) is 0.797. The first kappa shape index (κ1) is 15.2. The molecule has 0 radical (unpaired) electrons. The number of aliphatic carboxylic acids is 1. The van der Waals surface area contributed by atoms with Crippen LogP contribution in [-0.4, -0.2) is 40.8 Å². The fourth-order valence-corrected chi connectivity index (χ4v) is 4.09. The Balaban J connectivity index is 2.44. The van der Waals surface area contributed by atoms with Gasteiger partial charge in [-0.3, -0.25) is 4.79 Å². The van der Waals surface area contributed by atoms with Crippen molar-refractivity contribution in [2.75, 3.05) is 12.9 Å². The van der Waals surface area contributed by atoms with Crippen LogP contribution in [-0.2, 0) is 9.59 Å². The molecule has 1 amide bonds. The van der Waals surface area contributed by atoms with E-state index < -0.39 is 12.0 Å². The van der Waals surface area contributed by atoms with Crippen molar-refractivity contribution in [3.63, 3.8) is 0 Å². The average Bonchev–Trinajstić information content (AvgIpc) is 2.83. The summed E-state index contributed by atoms with van der Waals surface area (Å²) in [6, 6.07) is 4.70. The first-order chi connectivity index (χ1) is 9.45. The summed E-state index contributed by atoms with van der Waals surface area (Å²) in [5, 5.41) is 8.88. The lowest BCUT2D eigenvalue weighted by Crippen LogP contribution is -2.41. The van der Waals surface area contributed by atoms with Gasteiger partial charge in [-0.25, -0.2) is 4.79 Å². The minimum Gasteiger partial charge on any atom is -0.496 e. The summed E-state index contributed by atoms with van der Waals surface area (Å²) in [5.74, 6) is -0.225. The number of nitrogens with zero attached hydrogens (tertiary/aromatic N) is 1. The molecule has 0 aliphatic carbocycles. The fraction of sp³-hybridized carbons (Fsp3) is 0.385. The SMILES string of the molecule is COc1ccc(Br)cc1[C@H]1SC[C@@H](C(=O)O)N1C(C)=O. The summed E-state index contributed by atoms with van der Waals surface area (Å²) in [6.45, 7) is 1.39. The molecule has 0 unspecified atom stereocenters. The number of carboxylic acids is 1. The topological polar surface area (TPSA) is 66.8 Å². The third-order valence-electron chi connectivity index (χ3n) is 3.11. The van der Waals surface area contributed by atoms with Crippen molar-refractivity contribution in [2.45, 2.75) is 18.3 Å². The van der Waals surface area contributed by atoms with Gasteiger partial charge in [0.25, 0.3) is 0 Å². The predicted octanol–water partition coefficient (Wildman–Crippen LogP) is 2.50. The Kier molecular flexibility index (Phi) is 4.59. The molecule has 1 aliphatic rings. The molecule has 1 saturated heterocycles. The van der Waals surface area contributed by atoms with Crippen LogP contribution in [0.25, 0.3) is 0 Å². The molecular formula is C13H14BrNO4S. The third-order valence-corrected chi connectivity index (χ3v) is 4.91. The van der Waals surface area contributed by atoms with Crippen LogP contribution in [0.2, 0.25) is 0 Å². The molecule has 1 N–H and O–H groups in total. The van der Waals surface area contributed by atoms with E-state index in [0.29, 0.717) is 11.5 Å². The lowest BCUT2D eigenvalue weighted by Gasteiger charge is -2.27. The minimum atomic E-state index is -0.982. The summed E-state index contributed by atoms with van der Waals surface area (Å²) < 4.78 is 6.17. The molecule has 5 nitrogen and oxygen atoms in total. The van der Waals surface area contributed by atoms with Crippen LogP contribution in [0.5, 0.6) is 5.75 Å². The Morgan fingerprint density at radius 1 is 1.50 bits per heavy atom. The van der Waals surface area contributed by atoms with Gasteiger partial charge in [-0.2, -0.15) is 0 Å². The van der Waals surface area contributed by atoms with Gasteiger partial charge >= 0.3 is 5.97 Å². The van der Waals surface area contributed by atoms with Gasteiger partial charge in [0.05, 0.1) is 7.11 Å². The number of methoxy groups -OCH3 is 1. The number of carbonyl (C=O) groups excluding carboxylic acids is 1. The van der Waals surface area contributed by atoms with Crippen molar-refractivity contribution < 1.29 is 19.4 Å². The van der Waals surface area contributed by atoms with Crippen LogP contribution in [0.1, 0.15) is 17.9 Å². The molecule has 0 spiro atoms.